The third kappa shape index (κ3) is 4.83. The van der Waals surface area contributed by atoms with Gasteiger partial charge in [-0.1, -0.05) is 25.5 Å². The van der Waals surface area contributed by atoms with E-state index in [4.69, 9.17) is 4.74 Å². The van der Waals surface area contributed by atoms with Crippen molar-refractivity contribution in [1.29, 1.82) is 0 Å². The highest BCUT2D eigenvalue weighted by Gasteiger charge is 2.22. The second-order valence-electron chi connectivity index (χ2n) is 4.73. The van der Waals surface area contributed by atoms with Crippen molar-refractivity contribution in [3.8, 4) is 0 Å². The molecule has 0 aliphatic heterocycles. The van der Waals surface area contributed by atoms with Gasteiger partial charge in [0.2, 0.25) is 0 Å². The molecule has 1 N–H and O–H groups in total. The minimum absolute atomic E-state index is 0.0674. The summed E-state index contributed by atoms with van der Waals surface area (Å²) < 4.78 is 5.04. The molecular formula is C15H21N3O4. The van der Waals surface area contributed by atoms with Crippen LogP contribution in [0.1, 0.15) is 33.6 Å². The third-order valence-corrected chi connectivity index (χ3v) is 3.11. The van der Waals surface area contributed by atoms with Crippen LogP contribution in [0.4, 0.5) is 11.4 Å². The highest BCUT2D eigenvalue weighted by molar-refractivity contribution is 6.01. The number of rotatable bonds is 8. The van der Waals surface area contributed by atoms with Crippen molar-refractivity contribution in [2.45, 2.75) is 33.6 Å². The minimum atomic E-state index is -0.484. The van der Waals surface area contributed by atoms with E-state index in [0.717, 1.165) is 6.42 Å². The van der Waals surface area contributed by atoms with Crippen LogP contribution in [0.25, 0.3) is 0 Å². The molecule has 0 aliphatic rings. The van der Waals surface area contributed by atoms with E-state index in [-0.39, 0.29) is 17.3 Å². The number of esters is 1. The summed E-state index contributed by atoms with van der Waals surface area (Å²) in [7, 11) is 0. The topological polar surface area (TPSA) is 93.8 Å². The second kappa shape index (κ2) is 8.76. The fourth-order valence-electron chi connectivity index (χ4n) is 1.98. The Kier molecular flexibility index (Phi) is 7.01. The van der Waals surface area contributed by atoms with Gasteiger partial charge >= 0.3 is 5.97 Å². The van der Waals surface area contributed by atoms with Gasteiger partial charge in [-0.25, -0.2) is 0 Å². The molecule has 1 atom stereocenters. The molecule has 0 spiro atoms. The van der Waals surface area contributed by atoms with Gasteiger partial charge in [0, 0.05) is 11.8 Å². The SMILES string of the molecule is CCC[C@@H](C(=O)OCC)/C(C)=N\Nc1ccccc1[N+](=O)[O-]. The van der Waals surface area contributed by atoms with Gasteiger partial charge in [-0.3, -0.25) is 20.3 Å². The number of hydrogen-bond acceptors (Lipinski definition) is 6. The number of para-hydroxylation sites is 2. The van der Waals surface area contributed by atoms with Gasteiger partial charge in [0.1, 0.15) is 5.69 Å². The van der Waals surface area contributed by atoms with E-state index in [1.807, 2.05) is 6.92 Å². The van der Waals surface area contributed by atoms with Crippen molar-refractivity contribution in [2.24, 2.45) is 11.0 Å². The number of hydrogen-bond donors (Lipinski definition) is 1. The number of nitrogens with one attached hydrogen (secondary N) is 1. The Bertz CT molecular complexity index is 557. The zero-order valence-electron chi connectivity index (χ0n) is 13.0. The molecule has 22 heavy (non-hydrogen) atoms. The molecular weight excluding hydrogens is 286 g/mol. The van der Waals surface area contributed by atoms with Crippen molar-refractivity contribution >= 4 is 23.1 Å². The maximum absolute atomic E-state index is 11.9. The van der Waals surface area contributed by atoms with Crippen LogP contribution in [0.5, 0.6) is 0 Å². The highest BCUT2D eigenvalue weighted by atomic mass is 16.6. The molecule has 0 amide bonds. The Morgan fingerprint density at radius 2 is 2.09 bits per heavy atom. The summed E-state index contributed by atoms with van der Waals surface area (Å²) in [6.45, 7) is 5.73. The van der Waals surface area contributed by atoms with Crippen LogP contribution in [0.2, 0.25) is 0 Å². The third-order valence-electron chi connectivity index (χ3n) is 3.11. The molecule has 0 aliphatic carbocycles. The monoisotopic (exact) mass is 307 g/mol. The first kappa shape index (κ1) is 17.6. The normalized spacial score (nSPS) is 12.6. The van der Waals surface area contributed by atoms with Crippen LogP contribution in [-0.2, 0) is 9.53 Å². The average Bonchev–Trinajstić information content (AvgIpc) is 2.50. The molecule has 7 nitrogen and oxygen atoms in total. The fourth-order valence-corrected chi connectivity index (χ4v) is 1.98. The van der Waals surface area contributed by atoms with Crippen molar-refractivity contribution in [1.82, 2.24) is 0 Å². The summed E-state index contributed by atoms with van der Waals surface area (Å²) in [6.07, 6.45) is 1.43. The molecule has 0 bridgehead atoms. The summed E-state index contributed by atoms with van der Waals surface area (Å²) in [4.78, 5) is 22.4. The van der Waals surface area contributed by atoms with E-state index in [1.54, 1.807) is 32.0 Å². The predicted molar refractivity (Wildman–Crippen MR) is 84.9 cm³/mol. The standard InChI is InChI=1S/C15H21N3O4/c1-4-8-12(15(19)22-5-2)11(3)16-17-13-9-6-7-10-14(13)18(20)21/h6-7,9-10,12,17H,4-5,8H2,1-3H3/b16-11-/t12-/m1/s1. The van der Waals surface area contributed by atoms with Crippen molar-refractivity contribution < 1.29 is 14.5 Å². The first-order valence-electron chi connectivity index (χ1n) is 7.21. The van der Waals surface area contributed by atoms with Crippen LogP contribution in [-0.4, -0.2) is 23.2 Å². The zero-order valence-corrected chi connectivity index (χ0v) is 13.0. The Morgan fingerprint density at radius 1 is 1.41 bits per heavy atom. The van der Waals surface area contributed by atoms with Crippen LogP contribution < -0.4 is 5.43 Å². The number of ether oxygens (including phenoxy) is 1. The number of anilines is 1. The van der Waals surface area contributed by atoms with Gasteiger partial charge < -0.3 is 4.74 Å². The number of carbonyl (C=O) groups excluding carboxylic acids is 1. The molecule has 1 aromatic carbocycles. The van der Waals surface area contributed by atoms with Gasteiger partial charge in [-0.05, 0) is 26.3 Å². The number of carbonyl (C=O) groups is 1. The number of nitrogens with zero attached hydrogens (tertiary/aromatic N) is 2. The first-order chi connectivity index (χ1) is 10.5. The van der Waals surface area contributed by atoms with Crippen LogP contribution >= 0.6 is 0 Å². The Labute approximate surface area is 129 Å². The summed E-state index contributed by atoms with van der Waals surface area (Å²) in [5.41, 5.74) is 3.42. The lowest BCUT2D eigenvalue weighted by Gasteiger charge is -2.14. The molecule has 0 saturated carbocycles. The van der Waals surface area contributed by atoms with Crippen molar-refractivity contribution in [3.63, 3.8) is 0 Å². The zero-order chi connectivity index (χ0) is 16.5. The molecule has 0 unspecified atom stereocenters. The Morgan fingerprint density at radius 3 is 2.68 bits per heavy atom. The van der Waals surface area contributed by atoms with Crippen molar-refractivity contribution in [2.75, 3.05) is 12.0 Å². The second-order valence-corrected chi connectivity index (χ2v) is 4.73. The van der Waals surface area contributed by atoms with E-state index in [2.05, 4.69) is 10.5 Å². The van der Waals surface area contributed by atoms with Gasteiger partial charge in [0.05, 0.1) is 17.4 Å². The van der Waals surface area contributed by atoms with Crippen LogP contribution in [0, 0.1) is 16.0 Å². The Balaban J connectivity index is 2.91. The largest absolute Gasteiger partial charge is 0.465 e. The Hall–Kier alpha value is -2.44. The van der Waals surface area contributed by atoms with E-state index in [0.29, 0.717) is 18.7 Å². The lowest BCUT2D eigenvalue weighted by molar-refractivity contribution is -0.384. The van der Waals surface area contributed by atoms with Crippen molar-refractivity contribution in [3.05, 3.63) is 34.4 Å². The maximum Gasteiger partial charge on any atom is 0.314 e. The van der Waals surface area contributed by atoms with Crippen LogP contribution in [0.15, 0.2) is 29.4 Å². The molecule has 0 radical (unpaired) electrons. The van der Waals surface area contributed by atoms with E-state index < -0.39 is 10.8 Å². The highest BCUT2D eigenvalue weighted by Crippen LogP contribution is 2.23. The number of hydrazone groups is 1. The number of benzene rings is 1. The molecule has 1 aromatic rings. The summed E-state index contributed by atoms with van der Waals surface area (Å²) in [5.74, 6) is -0.768. The smallest absolute Gasteiger partial charge is 0.314 e. The first-order valence-corrected chi connectivity index (χ1v) is 7.21. The van der Waals surface area contributed by atoms with Gasteiger partial charge in [0.25, 0.3) is 5.69 Å². The quantitative estimate of drug-likeness (QED) is 0.344. The average molecular weight is 307 g/mol. The molecule has 0 aromatic heterocycles. The molecule has 0 saturated heterocycles. The summed E-state index contributed by atoms with van der Waals surface area (Å²) >= 11 is 0. The minimum Gasteiger partial charge on any atom is -0.465 e. The number of nitro groups is 1. The maximum atomic E-state index is 11.9. The molecule has 0 heterocycles. The summed E-state index contributed by atoms with van der Waals surface area (Å²) in [5, 5.41) is 15.1. The van der Waals surface area contributed by atoms with Crippen LogP contribution in [0.3, 0.4) is 0 Å². The van der Waals surface area contributed by atoms with Gasteiger partial charge in [-0.15, -0.1) is 0 Å². The van der Waals surface area contributed by atoms with Gasteiger partial charge in [-0.2, -0.15) is 5.10 Å². The summed E-state index contributed by atoms with van der Waals surface area (Å²) in [6, 6.07) is 6.21. The molecule has 0 fully saturated rings. The number of nitro benzene ring substituents is 1. The van der Waals surface area contributed by atoms with Gasteiger partial charge in [0.15, 0.2) is 0 Å². The molecule has 1 rings (SSSR count). The van der Waals surface area contributed by atoms with E-state index >= 15 is 0 Å². The molecule has 7 heteroatoms. The van der Waals surface area contributed by atoms with E-state index in [9.17, 15) is 14.9 Å². The van der Waals surface area contributed by atoms with E-state index in [1.165, 1.54) is 6.07 Å². The lowest BCUT2D eigenvalue weighted by atomic mass is 9.99. The lowest BCUT2D eigenvalue weighted by Crippen LogP contribution is -2.25. The molecule has 120 valence electrons. The fraction of sp³-hybridized carbons (Fsp3) is 0.467. The predicted octanol–water partition coefficient (Wildman–Crippen LogP) is 3.36.